The Kier molecular flexibility index (Phi) is 2.95. The molecule has 0 heterocycles. The van der Waals surface area contributed by atoms with Crippen LogP contribution in [0.2, 0.25) is 0 Å². The van der Waals surface area contributed by atoms with Gasteiger partial charge in [0, 0.05) is 0 Å². The Labute approximate surface area is 44.0 Å². The molecule has 6 heavy (non-hydrogen) atoms. The summed E-state index contributed by atoms with van der Waals surface area (Å²) in [5, 5.41) is 1.67. The minimum atomic E-state index is 1.03. The molecule has 0 aliphatic heterocycles. The molecule has 0 unspecified atom stereocenters. The molecular formula is C5H8S. The van der Waals surface area contributed by atoms with Crippen LogP contribution < -0.4 is 0 Å². The number of hydrogen-bond acceptors (Lipinski definition) is 1. The van der Waals surface area contributed by atoms with Crippen LogP contribution in [0.4, 0.5) is 0 Å². The molecule has 0 aliphatic rings. The molecule has 0 aromatic heterocycles. The summed E-state index contributed by atoms with van der Waals surface area (Å²) in [6.45, 7) is 5.53. The summed E-state index contributed by atoms with van der Waals surface area (Å²) in [4.78, 5) is 0. The number of thiol groups is 1. The van der Waals surface area contributed by atoms with Crippen molar-refractivity contribution in [2.45, 2.75) is 6.92 Å². The van der Waals surface area contributed by atoms with E-state index in [4.69, 9.17) is 0 Å². The molecule has 0 saturated carbocycles. The van der Waals surface area contributed by atoms with Gasteiger partial charge >= 0.3 is 0 Å². The molecule has 0 aliphatic carbocycles. The molecule has 0 aromatic carbocycles. The van der Waals surface area contributed by atoms with Crippen molar-refractivity contribution in [3.63, 3.8) is 0 Å². The molecule has 0 atom stereocenters. The third-order valence-corrected chi connectivity index (χ3v) is 0.508. The third-order valence-electron chi connectivity index (χ3n) is 0.359. The zero-order valence-corrected chi connectivity index (χ0v) is 4.70. The maximum absolute atomic E-state index is 3.82. The first-order valence-electron chi connectivity index (χ1n) is 1.73. The molecule has 34 valence electrons. The third kappa shape index (κ3) is 3.83. The van der Waals surface area contributed by atoms with Crippen LogP contribution in [0.25, 0.3) is 0 Å². The lowest BCUT2D eigenvalue weighted by molar-refractivity contribution is 1.58. The molecular weight excluding hydrogens is 92.1 g/mol. The fraction of sp³-hybridized carbons (Fsp3) is 0.200. The Hall–Kier alpha value is -0.170. The molecule has 0 bridgehead atoms. The van der Waals surface area contributed by atoms with Crippen LogP contribution >= 0.6 is 12.6 Å². The second-order valence-corrected chi connectivity index (χ2v) is 1.46. The van der Waals surface area contributed by atoms with Gasteiger partial charge in [0.05, 0.1) is 0 Å². The maximum Gasteiger partial charge on any atom is -0.0322 e. The van der Waals surface area contributed by atoms with E-state index in [9.17, 15) is 0 Å². The number of hydrogen-bond donors (Lipinski definition) is 1. The Bertz CT molecular complexity index is 72.0. The molecule has 0 nitrogen and oxygen atoms in total. The van der Waals surface area contributed by atoms with Crippen LogP contribution in [0.5, 0.6) is 0 Å². The smallest absolute Gasteiger partial charge is 0.0322 e. The van der Waals surface area contributed by atoms with Gasteiger partial charge in [-0.15, -0.1) is 0 Å². The normalized spacial score (nSPS) is 9.67. The van der Waals surface area contributed by atoms with Crippen LogP contribution in [-0.4, -0.2) is 0 Å². The predicted molar refractivity (Wildman–Crippen MR) is 32.9 cm³/mol. The summed E-state index contributed by atoms with van der Waals surface area (Å²) < 4.78 is 0. The first kappa shape index (κ1) is 5.83. The van der Waals surface area contributed by atoms with E-state index < -0.39 is 0 Å². The molecule has 0 spiro atoms. The lowest BCUT2D eigenvalue weighted by Crippen LogP contribution is -1.53. The SMILES string of the molecule is C=C(C)/C=C/S. The lowest BCUT2D eigenvalue weighted by Gasteiger charge is -1.75. The first-order chi connectivity index (χ1) is 2.77. The molecule has 0 rings (SSSR count). The highest BCUT2D eigenvalue weighted by Gasteiger charge is 1.64. The Morgan fingerprint density at radius 2 is 2.33 bits per heavy atom. The van der Waals surface area contributed by atoms with E-state index in [1.54, 1.807) is 5.41 Å². The summed E-state index contributed by atoms with van der Waals surface area (Å²) >= 11 is 3.82. The Morgan fingerprint density at radius 1 is 1.83 bits per heavy atom. The standard InChI is InChI=1S/C5H8S/c1-5(2)3-4-6/h3-4,6H,1H2,2H3/b4-3+. The minimum absolute atomic E-state index is 1.03. The zero-order chi connectivity index (χ0) is 4.99. The summed E-state index contributed by atoms with van der Waals surface area (Å²) in [6.07, 6.45) is 1.84. The molecule has 0 N–H and O–H groups in total. The molecule has 0 fully saturated rings. The van der Waals surface area contributed by atoms with Crippen molar-refractivity contribution >= 4 is 12.6 Å². The van der Waals surface area contributed by atoms with Gasteiger partial charge in [-0.25, -0.2) is 0 Å². The highest BCUT2D eigenvalue weighted by molar-refractivity contribution is 7.83. The van der Waals surface area contributed by atoms with Gasteiger partial charge in [-0.1, -0.05) is 18.2 Å². The highest BCUT2D eigenvalue weighted by Crippen LogP contribution is 1.88. The number of allylic oxidation sites excluding steroid dienone is 2. The van der Waals surface area contributed by atoms with Crippen molar-refractivity contribution in [2.24, 2.45) is 0 Å². The van der Waals surface area contributed by atoms with Gasteiger partial charge in [0.1, 0.15) is 0 Å². The Morgan fingerprint density at radius 3 is 2.33 bits per heavy atom. The zero-order valence-electron chi connectivity index (χ0n) is 3.81. The predicted octanol–water partition coefficient (Wildman–Crippen LogP) is 2.01. The second-order valence-electron chi connectivity index (χ2n) is 1.16. The van der Waals surface area contributed by atoms with Crippen LogP contribution in [0.3, 0.4) is 0 Å². The Balaban J connectivity index is 3.30. The van der Waals surface area contributed by atoms with E-state index in [1.165, 1.54) is 0 Å². The first-order valence-corrected chi connectivity index (χ1v) is 2.25. The van der Waals surface area contributed by atoms with Crippen molar-refractivity contribution in [1.82, 2.24) is 0 Å². The van der Waals surface area contributed by atoms with Crippen LogP contribution in [-0.2, 0) is 0 Å². The fourth-order valence-corrected chi connectivity index (χ4v) is 0.382. The van der Waals surface area contributed by atoms with Crippen molar-refractivity contribution in [3.8, 4) is 0 Å². The highest BCUT2D eigenvalue weighted by atomic mass is 32.1. The molecule has 1 heteroatoms. The van der Waals surface area contributed by atoms with Crippen LogP contribution in [0, 0.1) is 0 Å². The van der Waals surface area contributed by atoms with E-state index >= 15 is 0 Å². The van der Waals surface area contributed by atoms with Gasteiger partial charge in [-0.2, -0.15) is 12.6 Å². The van der Waals surface area contributed by atoms with Gasteiger partial charge in [-0.05, 0) is 12.3 Å². The summed E-state index contributed by atoms with van der Waals surface area (Å²) in [5.41, 5.74) is 1.03. The average Bonchev–Trinajstić information content (AvgIpc) is 1.35. The van der Waals surface area contributed by atoms with E-state index in [0.717, 1.165) is 5.57 Å². The van der Waals surface area contributed by atoms with Crippen molar-refractivity contribution in [3.05, 3.63) is 23.6 Å². The van der Waals surface area contributed by atoms with Gasteiger partial charge in [-0.3, -0.25) is 0 Å². The minimum Gasteiger partial charge on any atom is -0.151 e. The lowest BCUT2D eigenvalue weighted by atomic mass is 10.4. The van der Waals surface area contributed by atoms with Gasteiger partial charge in [0.25, 0.3) is 0 Å². The van der Waals surface area contributed by atoms with Crippen molar-refractivity contribution < 1.29 is 0 Å². The van der Waals surface area contributed by atoms with Gasteiger partial charge in [0.2, 0.25) is 0 Å². The van der Waals surface area contributed by atoms with Crippen molar-refractivity contribution in [2.75, 3.05) is 0 Å². The molecule has 0 aromatic rings. The summed E-state index contributed by atoms with van der Waals surface area (Å²) in [7, 11) is 0. The van der Waals surface area contributed by atoms with Crippen molar-refractivity contribution in [1.29, 1.82) is 0 Å². The molecule has 0 saturated heterocycles. The fourth-order valence-electron chi connectivity index (χ4n) is 0.127. The van der Waals surface area contributed by atoms with Crippen LogP contribution in [0.1, 0.15) is 6.92 Å². The maximum atomic E-state index is 3.82. The summed E-state index contributed by atoms with van der Waals surface area (Å²) in [6, 6.07) is 0. The second kappa shape index (κ2) is 3.04. The monoisotopic (exact) mass is 100 g/mol. The topological polar surface area (TPSA) is 0 Å². The molecule has 0 amide bonds. The van der Waals surface area contributed by atoms with E-state index in [1.807, 2.05) is 13.0 Å². The quantitative estimate of drug-likeness (QED) is 0.378. The van der Waals surface area contributed by atoms with Gasteiger partial charge in [0.15, 0.2) is 0 Å². The largest absolute Gasteiger partial charge is 0.151 e. The van der Waals surface area contributed by atoms with E-state index in [0.29, 0.717) is 0 Å². The van der Waals surface area contributed by atoms with E-state index in [2.05, 4.69) is 19.2 Å². The van der Waals surface area contributed by atoms with E-state index in [-0.39, 0.29) is 0 Å². The number of rotatable bonds is 1. The molecule has 0 radical (unpaired) electrons. The van der Waals surface area contributed by atoms with Gasteiger partial charge < -0.3 is 0 Å². The average molecular weight is 100 g/mol. The van der Waals surface area contributed by atoms with Crippen LogP contribution in [0.15, 0.2) is 23.6 Å². The summed E-state index contributed by atoms with van der Waals surface area (Å²) in [5.74, 6) is 0.